The van der Waals surface area contributed by atoms with Gasteiger partial charge in [0.05, 0.1) is 5.54 Å². The number of benzene rings is 1. The molecule has 1 saturated heterocycles. The van der Waals surface area contributed by atoms with Crippen molar-refractivity contribution in [1.82, 2.24) is 14.5 Å². The lowest BCUT2D eigenvalue weighted by Crippen LogP contribution is -2.67. The van der Waals surface area contributed by atoms with Gasteiger partial charge in [-0.2, -0.15) is 0 Å². The van der Waals surface area contributed by atoms with Crippen molar-refractivity contribution in [3.8, 4) is 0 Å². The van der Waals surface area contributed by atoms with E-state index in [0.29, 0.717) is 11.6 Å². The summed E-state index contributed by atoms with van der Waals surface area (Å²) < 4.78 is 3.83. The first-order valence-corrected chi connectivity index (χ1v) is 8.30. The number of amides is 1. The first-order valence-electron chi connectivity index (χ1n) is 7.47. The topological polar surface area (TPSA) is 46.1 Å². The average Bonchev–Trinajstić information content (AvgIpc) is 3.04. The molecule has 4 rings (SSSR count). The Labute approximate surface area is 128 Å². The standard InChI is InChI=1S/C16H17N3OS/c20-15(14-11-21-18-17-14)19-10-13-8-4-5-9-16(13,19)12-6-2-1-3-7-12/h1-3,6-7,11,13H,4-5,8-10H2/t13-,16+/m0/s1. The van der Waals surface area contributed by atoms with Crippen LogP contribution in [0.5, 0.6) is 0 Å². The van der Waals surface area contributed by atoms with E-state index in [9.17, 15) is 4.79 Å². The Kier molecular flexibility index (Phi) is 3.03. The fourth-order valence-electron chi connectivity index (χ4n) is 4.02. The largest absolute Gasteiger partial charge is 0.327 e. The molecule has 4 nitrogen and oxygen atoms in total. The summed E-state index contributed by atoms with van der Waals surface area (Å²) in [6, 6.07) is 10.5. The number of hydrogen-bond acceptors (Lipinski definition) is 4. The molecular weight excluding hydrogens is 282 g/mol. The number of carbonyl (C=O) groups is 1. The normalized spacial score (nSPS) is 27.8. The van der Waals surface area contributed by atoms with Gasteiger partial charge in [-0.3, -0.25) is 4.79 Å². The lowest BCUT2D eigenvalue weighted by molar-refractivity contribution is -0.0871. The number of nitrogens with zero attached hydrogens (tertiary/aromatic N) is 3. The zero-order chi connectivity index (χ0) is 14.3. The summed E-state index contributed by atoms with van der Waals surface area (Å²) in [6.45, 7) is 0.852. The van der Waals surface area contributed by atoms with Crippen molar-refractivity contribution < 1.29 is 4.79 Å². The summed E-state index contributed by atoms with van der Waals surface area (Å²) in [5.41, 5.74) is 1.65. The molecule has 2 aromatic rings. The van der Waals surface area contributed by atoms with Gasteiger partial charge in [-0.15, -0.1) is 5.10 Å². The van der Waals surface area contributed by atoms with Crippen molar-refractivity contribution in [1.29, 1.82) is 0 Å². The van der Waals surface area contributed by atoms with Crippen molar-refractivity contribution in [2.75, 3.05) is 6.54 Å². The molecule has 21 heavy (non-hydrogen) atoms. The highest BCUT2D eigenvalue weighted by Crippen LogP contribution is 2.54. The number of fused-ring (bicyclic) bond motifs is 1. The fraction of sp³-hybridized carbons (Fsp3) is 0.438. The van der Waals surface area contributed by atoms with Gasteiger partial charge >= 0.3 is 0 Å². The SMILES string of the molecule is O=C(c1csnn1)N1C[C@@H]2CCCC[C@@]21c1ccccc1. The van der Waals surface area contributed by atoms with Gasteiger partial charge in [0.15, 0.2) is 5.69 Å². The maximum atomic E-state index is 12.8. The van der Waals surface area contributed by atoms with Gasteiger partial charge < -0.3 is 4.90 Å². The van der Waals surface area contributed by atoms with Crippen LogP contribution in [0.1, 0.15) is 41.7 Å². The molecule has 108 valence electrons. The summed E-state index contributed by atoms with van der Waals surface area (Å²) >= 11 is 1.24. The van der Waals surface area contributed by atoms with Gasteiger partial charge in [0.1, 0.15) is 0 Å². The molecule has 0 N–H and O–H groups in total. The van der Waals surface area contributed by atoms with Gasteiger partial charge in [0.25, 0.3) is 5.91 Å². The fourth-order valence-corrected chi connectivity index (χ4v) is 4.45. The Balaban J connectivity index is 1.74. The molecule has 1 amide bonds. The predicted molar refractivity (Wildman–Crippen MR) is 81.0 cm³/mol. The number of likely N-dealkylation sites (tertiary alicyclic amines) is 1. The van der Waals surface area contributed by atoms with E-state index in [1.165, 1.54) is 36.4 Å². The maximum absolute atomic E-state index is 12.8. The Morgan fingerprint density at radius 2 is 2.14 bits per heavy atom. The molecule has 1 aliphatic carbocycles. The van der Waals surface area contributed by atoms with Gasteiger partial charge in [0, 0.05) is 17.8 Å². The minimum Gasteiger partial charge on any atom is -0.327 e. The number of carbonyl (C=O) groups excluding carboxylic acids is 1. The summed E-state index contributed by atoms with van der Waals surface area (Å²) in [6.07, 6.45) is 4.74. The first kappa shape index (κ1) is 13.0. The number of hydrogen-bond donors (Lipinski definition) is 0. The Hall–Kier alpha value is -1.75. The Bertz CT molecular complexity index is 643. The van der Waals surface area contributed by atoms with Gasteiger partial charge in [0.2, 0.25) is 0 Å². The third-order valence-electron chi connectivity index (χ3n) is 5.02. The Morgan fingerprint density at radius 1 is 1.29 bits per heavy atom. The van der Waals surface area contributed by atoms with Crippen LogP contribution in [0.3, 0.4) is 0 Å². The molecule has 0 unspecified atom stereocenters. The molecule has 2 atom stereocenters. The van der Waals surface area contributed by atoms with Crippen LogP contribution in [0.15, 0.2) is 35.7 Å². The van der Waals surface area contributed by atoms with Crippen molar-refractivity contribution >= 4 is 17.4 Å². The highest BCUT2D eigenvalue weighted by Gasteiger charge is 2.57. The van der Waals surface area contributed by atoms with Crippen LogP contribution >= 0.6 is 11.5 Å². The van der Waals surface area contributed by atoms with E-state index in [1.807, 2.05) is 11.0 Å². The molecule has 2 aliphatic rings. The van der Waals surface area contributed by atoms with E-state index in [4.69, 9.17) is 0 Å². The molecule has 0 spiro atoms. The van der Waals surface area contributed by atoms with Crippen molar-refractivity contribution in [3.63, 3.8) is 0 Å². The molecule has 0 bridgehead atoms. The number of aromatic nitrogens is 2. The molecule has 2 fully saturated rings. The smallest absolute Gasteiger partial charge is 0.276 e. The lowest BCUT2D eigenvalue weighted by Gasteiger charge is -2.61. The van der Waals surface area contributed by atoms with Crippen LogP contribution in [0.4, 0.5) is 0 Å². The van der Waals surface area contributed by atoms with Crippen molar-refractivity contribution in [3.05, 3.63) is 47.0 Å². The molecule has 1 aromatic carbocycles. The van der Waals surface area contributed by atoms with Crippen LogP contribution in [-0.4, -0.2) is 26.9 Å². The van der Waals surface area contributed by atoms with Crippen LogP contribution in [0, 0.1) is 5.92 Å². The lowest BCUT2D eigenvalue weighted by atomic mass is 9.61. The van der Waals surface area contributed by atoms with Crippen LogP contribution in [0.2, 0.25) is 0 Å². The molecule has 2 heterocycles. The zero-order valence-corrected chi connectivity index (χ0v) is 12.6. The predicted octanol–water partition coefficient (Wildman–Crippen LogP) is 3.08. The molecule has 0 radical (unpaired) electrons. The highest BCUT2D eigenvalue weighted by molar-refractivity contribution is 7.03. The van der Waals surface area contributed by atoms with E-state index in [-0.39, 0.29) is 11.4 Å². The minimum atomic E-state index is -0.111. The van der Waals surface area contributed by atoms with Crippen molar-refractivity contribution in [2.45, 2.75) is 31.2 Å². The van der Waals surface area contributed by atoms with E-state index in [2.05, 4.69) is 33.9 Å². The third kappa shape index (κ3) is 1.83. The van der Waals surface area contributed by atoms with E-state index in [0.717, 1.165) is 13.0 Å². The summed E-state index contributed by atoms with van der Waals surface area (Å²) in [5.74, 6) is 0.620. The minimum absolute atomic E-state index is 0.0331. The molecule has 5 heteroatoms. The van der Waals surface area contributed by atoms with E-state index >= 15 is 0 Å². The van der Waals surface area contributed by atoms with Crippen LogP contribution in [-0.2, 0) is 5.54 Å². The molecule has 1 aromatic heterocycles. The third-order valence-corrected chi connectivity index (χ3v) is 5.52. The monoisotopic (exact) mass is 299 g/mol. The van der Waals surface area contributed by atoms with Gasteiger partial charge in [-0.25, -0.2) is 0 Å². The summed E-state index contributed by atoms with van der Waals surface area (Å²) in [7, 11) is 0. The molecular formula is C16H17N3OS. The van der Waals surface area contributed by atoms with Crippen LogP contribution < -0.4 is 0 Å². The maximum Gasteiger partial charge on any atom is 0.276 e. The van der Waals surface area contributed by atoms with E-state index in [1.54, 1.807) is 5.38 Å². The zero-order valence-electron chi connectivity index (χ0n) is 11.7. The second kappa shape index (κ2) is 4.91. The van der Waals surface area contributed by atoms with E-state index < -0.39 is 0 Å². The summed E-state index contributed by atoms with van der Waals surface area (Å²) in [4.78, 5) is 14.8. The van der Waals surface area contributed by atoms with Crippen molar-refractivity contribution in [2.24, 2.45) is 5.92 Å². The quantitative estimate of drug-likeness (QED) is 0.856. The molecule has 1 aliphatic heterocycles. The molecule has 1 saturated carbocycles. The average molecular weight is 299 g/mol. The van der Waals surface area contributed by atoms with Gasteiger partial charge in [-0.1, -0.05) is 47.7 Å². The van der Waals surface area contributed by atoms with Crippen LogP contribution in [0.25, 0.3) is 0 Å². The summed E-state index contributed by atoms with van der Waals surface area (Å²) in [5, 5.41) is 5.71. The second-order valence-corrected chi connectivity index (χ2v) is 6.55. The van der Waals surface area contributed by atoms with Gasteiger partial charge in [-0.05, 0) is 29.9 Å². The second-order valence-electron chi connectivity index (χ2n) is 5.94. The Morgan fingerprint density at radius 3 is 2.86 bits per heavy atom. The number of rotatable bonds is 2. The highest BCUT2D eigenvalue weighted by atomic mass is 32.1. The first-order chi connectivity index (χ1) is 10.3.